The quantitative estimate of drug-likeness (QED) is 0.0891. The summed E-state index contributed by atoms with van der Waals surface area (Å²) < 4.78 is 6.33. The summed E-state index contributed by atoms with van der Waals surface area (Å²) >= 11 is 6.17. The number of thiazole rings is 1. The molecule has 0 spiro atoms. The number of rotatable bonds is 12. The van der Waals surface area contributed by atoms with E-state index in [0.717, 1.165) is 31.9 Å². The molecular formula is C35H29BrN4O4S2. The molecule has 0 bridgehead atoms. The van der Waals surface area contributed by atoms with E-state index >= 15 is 0 Å². The standard InChI is InChI=1S/C35H29BrN4O4S2/c1-2-44-28-15-11-24(12-16-28)31-21-46-35(39-31)40-32(41)22-45-29-17-13-27(14-18-29)37-34(43)30(20-23-7-6-10-26(36)19-23)38-33(42)25-8-4-3-5-9-25/h3-21H,2,22H2,1H3,(H,37,43)(H,38,42)(H,39,40,41)/b30-20-. The number of hydrogen-bond acceptors (Lipinski definition) is 7. The van der Waals surface area contributed by atoms with Gasteiger partial charge in [0.25, 0.3) is 11.8 Å². The first-order chi connectivity index (χ1) is 22.4. The molecule has 3 amide bonds. The minimum absolute atomic E-state index is 0.0925. The fourth-order valence-electron chi connectivity index (χ4n) is 4.19. The lowest BCUT2D eigenvalue weighted by molar-refractivity contribution is -0.114. The molecule has 0 unspecified atom stereocenters. The van der Waals surface area contributed by atoms with Crippen LogP contribution in [0.1, 0.15) is 22.8 Å². The molecule has 0 aliphatic rings. The van der Waals surface area contributed by atoms with Crippen molar-refractivity contribution in [1.82, 2.24) is 10.3 Å². The molecule has 4 aromatic carbocycles. The van der Waals surface area contributed by atoms with E-state index in [4.69, 9.17) is 4.74 Å². The van der Waals surface area contributed by atoms with E-state index in [-0.39, 0.29) is 17.4 Å². The van der Waals surface area contributed by atoms with Crippen LogP contribution < -0.4 is 20.7 Å². The first kappa shape index (κ1) is 32.7. The van der Waals surface area contributed by atoms with Crippen LogP contribution in [0.5, 0.6) is 5.75 Å². The van der Waals surface area contributed by atoms with Crippen molar-refractivity contribution < 1.29 is 19.1 Å². The van der Waals surface area contributed by atoms with Crippen LogP contribution in [0.15, 0.2) is 124 Å². The number of amides is 3. The second kappa shape index (κ2) is 16.0. The number of halogens is 1. The average molecular weight is 714 g/mol. The molecule has 1 aromatic heterocycles. The molecule has 1 heterocycles. The molecule has 232 valence electrons. The highest BCUT2D eigenvalue weighted by molar-refractivity contribution is 9.10. The van der Waals surface area contributed by atoms with Gasteiger partial charge in [0.1, 0.15) is 11.4 Å². The molecule has 3 N–H and O–H groups in total. The fourth-order valence-corrected chi connectivity index (χ4v) is 6.05. The van der Waals surface area contributed by atoms with Gasteiger partial charge in [-0.15, -0.1) is 23.1 Å². The van der Waals surface area contributed by atoms with Gasteiger partial charge in [0.05, 0.1) is 18.1 Å². The van der Waals surface area contributed by atoms with Gasteiger partial charge in [-0.1, -0.05) is 46.3 Å². The Labute approximate surface area is 283 Å². The largest absolute Gasteiger partial charge is 0.494 e. The van der Waals surface area contributed by atoms with Crippen molar-refractivity contribution in [3.05, 3.63) is 130 Å². The van der Waals surface area contributed by atoms with E-state index in [1.165, 1.54) is 23.1 Å². The number of nitrogens with zero attached hydrogens (tertiary/aromatic N) is 1. The van der Waals surface area contributed by atoms with Crippen molar-refractivity contribution in [2.45, 2.75) is 11.8 Å². The Morgan fingerprint density at radius 3 is 2.39 bits per heavy atom. The Kier molecular flexibility index (Phi) is 11.4. The van der Waals surface area contributed by atoms with Crippen LogP contribution in [-0.2, 0) is 9.59 Å². The molecule has 0 radical (unpaired) electrons. The van der Waals surface area contributed by atoms with Gasteiger partial charge in [-0.3, -0.25) is 14.4 Å². The van der Waals surface area contributed by atoms with Crippen LogP contribution in [-0.4, -0.2) is 35.1 Å². The van der Waals surface area contributed by atoms with E-state index in [9.17, 15) is 14.4 Å². The SMILES string of the molecule is CCOc1ccc(-c2csc(NC(=O)CSc3ccc(NC(=O)/C(=C/c4cccc(Br)c4)NC(=O)c4ccccc4)cc3)n2)cc1. The molecule has 0 saturated carbocycles. The maximum absolute atomic E-state index is 13.3. The summed E-state index contributed by atoms with van der Waals surface area (Å²) in [7, 11) is 0. The van der Waals surface area contributed by atoms with Gasteiger partial charge in [0.2, 0.25) is 5.91 Å². The zero-order valence-corrected chi connectivity index (χ0v) is 27.9. The second-order valence-electron chi connectivity index (χ2n) is 9.74. The summed E-state index contributed by atoms with van der Waals surface area (Å²) in [5, 5.41) is 10.9. The Bertz CT molecular complexity index is 1840. The maximum atomic E-state index is 13.3. The van der Waals surface area contributed by atoms with Gasteiger partial charge >= 0.3 is 0 Å². The summed E-state index contributed by atoms with van der Waals surface area (Å²) in [4.78, 5) is 44.2. The van der Waals surface area contributed by atoms with Crippen LogP contribution in [0.4, 0.5) is 10.8 Å². The third kappa shape index (κ3) is 9.40. The highest BCUT2D eigenvalue weighted by atomic mass is 79.9. The number of carbonyl (C=O) groups excluding carboxylic acids is 3. The van der Waals surface area contributed by atoms with Crippen LogP contribution >= 0.6 is 39.0 Å². The van der Waals surface area contributed by atoms with E-state index in [1.807, 2.05) is 79.0 Å². The Morgan fingerprint density at radius 2 is 1.67 bits per heavy atom. The first-order valence-electron chi connectivity index (χ1n) is 14.2. The zero-order chi connectivity index (χ0) is 32.3. The van der Waals surface area contributed by atoms with Crippen molar-refractivity contribution in [3.8, 4) is 17.0 Å². The molecular weight excluding hydrogens is 684 g/mol. The average Bonchev–Trinajstić information content (AvgIpc) is 3.53. The van der Waals surface area contributed by atoms with E-state index < -0.39 is 11.8 Å². The molecule has 8 nitrogen and oxygen atoms in total. The Morgan fingerprint density at radius 1 is 0.913 bits per heavy atom. The summed E-state index contributed by atoms with van der Waals surface area (Å²) in [6.07, 6.45) is 1.62. The van der Waals surface area contributed by atoms with E-state index in [1.54, 1.807) is 42.5 Å². The molecule has 5 aromatic rings. The van der Waals surface area contributed by atoms with Crippen molar-refractivity contribution in [2.75, 3.05) is 23.0 Å². The van der Waals surface area contributed by atoms with Crippen molar-refractivity contribution >= 4 is 73.6 Å². The van der Waals surface area contributed by atoms with Crippen molar-refractivity contribution in [2.24, 2.45) is 0 Å². The predicted octanol–water partition coefficient (Wildman–Crippen LogP) is 8.11. The van der Waals surface area contributed by atoms with Gasteiger partial charge < -0.3 is 20.7 Å². The van der Waals surface area contributed by atoms with Gasteiger partial charge in [0.15, 0.2) is 5.13 Å². The number of ether oxygens (including phenoxy) is 1. The summed E-state index contributed by atoms with van der Waals surface area (Å²) in [6, 6.07) is 30.9. The minimum Gasteiger partial charge on any atom is -0.494 e. The normalized spacial score (nSPS) is 11.0. The first-order valence-corrected chi connectivity index (χ1v) is 16.9. The zero-order valence-electron chi connectivity index (χ0n) is 24.7. The summed E-state index contributed by atoms with van der Waals surface area (Å²) in [5.74, 6) is -0.0574. The van der Waals surface area contributed by atoms with Crippen LogP contribution in [0, 0.1) is 0 Å². The summed E-state index contributed by atoms with van der Waals surface area (Å²) in [5.41, 5.74) is 3.53. The lowest BCUT2D eigenvalue weighted by Gasteiger charge is -2.12. The smallest absolute Gasteiger partial charge is 0.272 e. The van der Waals surface area contributed by atoms with E-state index in [0.29, 0.717) is 23.0 Å². The van der Waals surface area contributed by atoms with Crippen molar-refractivity contribution in [3.63, 3.8) is 0 Å². The molecule has 0 atom stereocenters. The van der Waals surface area contributed by atoms with Gasteiger partial charge in [-0.2, -0.15) is 0 Å². The van der Waals surface area contributed by atoms with Crippen LogP contribution in [0.2, 0.25) is 0 Å². The topological polar surface area (TPSA) is 109 Å². The minimum atomic E-state index is -0.475. The Balaban J connectivity index is 1.16. The maximum Gasteiger partial charge on any atom is 0.272 e. The molecule has 0 saturated heterocycles. The van der Waals surface area contributed by atoms with E-state index in [2.05, 4.69) is 36.9 Å². The van der Waals surface area contributed by atoms with Crippen LogP contribution in [0.25, 0.3) is 17.3 Å². The van der Waals surface area contributed by atoms with Crippen LogP contribution in [0.3, 0.4) is 0 Å². The molecule has 46 heavy (non-hydrogen) atoms. The number of nitrogens with one attached hydrogen (secondary N) is 3. The number of aromatic nitrogens is 1. The lowest BCUT2D eigenvalue weighted by atomic mass is 10.1. The molecule has 11 heteroatoms. The van der Waals surface area contributed by atoms with Crippen molar-refractivity contribution in [1.29, 1.82) is 0 Å². The van der Waals surface area contributed by atoms with Gasteiger partial charge in [-0.25, -0.2) is 4.98 Å². The monoisotopic (exact) mass is 712 g/mol. The number of anilines is 2. The van der Waals surface area contributed by atoms with Gasteiger partial charge in [-0.05, 0) is 91.4 Å². The number of hydrogen-bond donors (Lipinski definition) is 3. The predicted molar refractivity (Wildman–Crippen MR) is 189 cm³/mol. The lowest BCUT2D eigenvalue weighted by Crippen LogP contribution is -2.30. The second-order valence-corrected chi connectivity index (χ2v) is 12.6. The summed E-state index contributed by atoms with van der Waals surface area (Å²) in [6.45, 7) is 2.54. The highest BCUT2D eigenvalue weighted by Crippen LogP contribution is 2.27. The van der Waals surface area contributed by atoms with Gasteiger partial charge in [0, 0.05) is 31.6 Å². The number of thioether (sulfide) groups is 1. The third-order valence-electron chi connectivity index (χ3n) is 6.38. The number of carbonyl (C=O) groups is 3. The fraction of sp³-hybridized carbons (Fsp3) is 0.0857. The Hall–Kier alpha value is -4.71. The number of benzene rings is 4. The molecule has 0 aliphatic carbocycles. The molecule has 5 rings (SSSR count). The molecule has 0 fully saturated rings. The third-order valence-corrected chi connectivity index (χ3v) is 8.65. The highest BCUT2D eigenvalue weighted by Gasteiger charge is 2.16. The molecule has 0 aliphatic heterocycles.